The molecule has 0 aromatic carbocycles. The normalized spacial score (nSPS) is 45.8. The van der Waals surface area contributed by atoms with E-state index in [0.29, 0.717) is 6.61 Å². The molecule has 1 aliphatic heterocycles. The number of rotatable bonds is 1. The van der Waals surface area contributed by atoms with Crippen LogP contribution in [-0.4, -0.2) is 36.6 Å². The molecular formula is C8H16O3. The molecule has 1 N–H and O–H groups in total. The summed E-state index contributed by atoms with van der Waals surface area (Å²) in [5.74, 6) is 0. The van der Waals surface area contributed by atoms with E-state index in [9.17, 15) is 5.11 Å². The Morgan fingerprint density at radius 3 is 2.73 bits per heavy atom. The summed E-state index contributed by atoms with van der Waals surface area (Å²) in [6, 6.07) is 0. The van der Waals surface area contributed by atoms with Crippen LogP contribution in [0.4, 0.5) is 0 Å². The monoisotopic (exact) mass is 160 g/mol. The molecular weight excluding hydrogens is 144 g/mol. The lowest BCUT2D eigenvalue weighted by molar-refractivity contribution is -0.188. The molecule has 1 heterocycles. The average Bonchev–Trinajstić information content (AvgIpc) is 2.00. The van der Waals surface area contributed by atoms with Crippen LogP contribution in [0.3, 0.4) is 0 Å². The van der Waals surface area contributed by atoms with E-state index in [1.807, 2.05) is 13.8 Å². The molecule has 0 aliphatic carbocycles. The van der Waals surface area contributed by atoms with Crippen LogP contribution in [-0.2, 0) is 9.47 Å². The van der Waals surface area contributed by atoms with E-state index >= 15 is 0 Å². The van der Waals surface area contributed by atoms with Gasteiger partial charge in [0, 0.05) is 20.1 Å². The van der Waals surface area contributed by atoms with Gasteiger partial charge < -0.3 is 14.6 Å². The zero-order valence-corrected chi connectivity index (χ0v) is 7.33. The quantitative estimate of drug-likeness (QED) is 0.609. The fraction of sp³-hybridized carbons (Fsp3) is 1.00. The van der Waals surface area contributed by atoms with Gasteiger partial charge in [-0.05, 0) is 13.8 Å². The third kappa shape index (κ3) is 1.55. The summed E-state index contributed by atoms with van der Waals surface area (Å²) in [4.78, 5) is 0. The van der Waals surface area contributed by atoms with Crippen LogP contribution in [0.1, 0.15) is 20.3 Å². The van der Waals surface area contributed by atoms with E-state index in [1.54, 1.807) is 7.11 Å². The first-order valence-corrected chi connectivity index (χ1v) is 3.95. The highest BCUT2D eigenvalue weighted by atomic mass is 16.5. The van der Waals surface area contributed by atoms with E-state index in [4.69, 9.17) is 9.47 Å². The Morgan fingerprint density at radius 2 is 2.27 bits per heavy atom. The van der Waals surface area contributed by atoms with Gasteiger partial charge in [-0.3, -0.25) is 0 Å². The van der Waals surface area contributed by atoms with Gasteiger partial charge in [0.2, 0.25) is 0 Å². The van der Waals surface area contributed by atoms with Gasteiger partial charge in [0.05, 0.1) is 11.7 Å². The van der Waals surface area contributed by atoms with Crippen molar-refractivity contribution < 1.29 is 14.6 Å². The molecule has 0 unspecified atom stereocenters. The number of aliphatic hydroxyl groups is 1. The van der Waals surface area contributed by atoms with Crippen LogP contribution in [0.2, 0.25) is 0 Å². The van der Waals surface area contributed by atoms with Crippen LogP contribution in [0.25, 0.3) is 0 Å². The van der Waals surface area contributed by atoms with Crippen molar-refractivity contribution in [2.45, 2.75) is 38.1 Å². The second kappa shape index (κ2) is 3.09. The van der Waals surface area contributed by atoms with Crippen LogP contribution in [0.15, 0.2) is 0 Å². The molecule has 0 aromatic heterocycles. The molecule has 0 bridgehead atoms. The number of aliphatic hydroxyl groups excluding tert-OH is 1. The van der Waals surface area contributed by atoms with Crippen LogP contribution < -0.4 is 0 Å². The molecule has 1 aliphatic rings. The van der Waals surface area contributed by atoms with Crippen molar-refractivity contribution in [2.24, 2.45) is 0 Å². The smallest absolute Gasteiger partial charge is 0.109 e. The van der Waals surface area contributed by atoms with Crippen LogP contribution in [0, 0.1) is 0 Å². The van der Waals surface area contributed by atoms with E-state index in [-0.39, 0.29) is 6.10 Å². The first kappa shape index (κ1) is 8.97. The van der Waals surface area contributed by atoms with Gasteiger partial charge in [0.15, 0.2) is 0 Å². The Hall–Kier alpha value is -0.120. The van der Waals surface area contributed by atoms with Crippen molar-refractivity contribution in [1.82, 2.24) is 0 Å². The number of methoxy groups -OCH3 is 1. The first-order chi connectivity index (χ1) is 5.10. The van der Waals surface area contributed by atoms with Gasteiger partial charge in [-0.15, -0.1) is 0 Å². The van der Waals surface area contributed by atoms with Crippen LogP contribution in [0.5, 0.6) is 0 Å². The topological polar surface area (TPSA) is 38.7 Å². The van der Waals surface area contributed by atoms with Gasteiger partial charge in [-0.25, -0.2) is 0 Å². The largest absolute Gasteiger partial charge is 0.387 e. The summed E-state index contributed by atoms with van der Waals surface area (Å²) in [7, 11) is 1.63. The summed E-state index contributed by atoms with van der Waals surface area (Å²) in [5, 5.41) is 9.65. The summed E-state index contributed by atoms with van der Waals surface area (Å²) in [6.07, 6.45) is 0.129. The Labute approximate surface area is 67.3 Å². The lowest BCUT2D eigenvalue weighted by Gasteiger charge is -2.40. The predicted octanol–water partition coefficient (Wildman–Crippen LogP) is 0.561. The van der Waals surface area contributed by atoms with E-state index < -0.39 is 11.7 Å². The summed E-state index contributed by atoms with van der Waals surface area (Å²) in [5.41, 5.74) is -0.419. The third-order valence-corrected chi connectivity index (χ3v) is 2.52. The lowest BCUT2D eigenvalue weighted by atomic mass is 9.89. The highest BCUT2D eigenvalue weighted by Crippen LogP contribution is 2.27. The summed E-state index contributed by atoms with van der Waals surface area (Å²) < 4.78 is 10.5. The molecule has 1 fully saturated rings. The second-order valence-corrected chi connectivity index (χ2v) is 3.29. The number of hydrogen-bond donors (Lipinski definition) is 1. The van der Waals surface area contributed by atoms with Crippen LogP contribution >= 0.6 is 0 Å². The first-order valence-electron chi connectivity index (χ1n) is 3.95. The van der Waals surface area contributed by atoms with Gasteiger partial charge >= 0.3 is 0 Å². The van der Waals surface area contributed by atoms with Crippen molar-refractivity contribution in [2.75, 3.05) is 13.7 Å². The molecule has 0 aromatic rings. The maximum Gasteiger partial charge on any atom is 0.109 e. The molecule has 1 rings (SSSR count). The van der Waals surface area contributed by atoms with Crippen molar-refractivity contribution in [3.63, 3.8) is 0 Å². The molecule has 3 heteroatoms. The standard InChI is InChI=1S/C8H16O3/c1-6-7(9)8(2,10-3)4-5-11-6/h6-7,9H,4-5H2,1-3H3/t6-,7-,8+/m0/s1. The average molecular weight is 160 g/mol. The Morgan fingerprint density at radius 1 is 1.64 bits per heavy atom. The number of hydrogen-bond acceptors (Lipinski definition) is 3. The van der Waals surface area contributed by atoms with Crippen molar-refractivity contribution in [3.05, 3.63) is 0 Å². The zero-order valence-electron chi connectivity index (χ0n) is 7.33. The van der Waals surface area contributed by atoms with Gasteiger partial charge in [-0.1, -0.05) is 0 Å². The lowest BCUT2D eigenvalue weighted by Crippen LogP contribution is -2.52. The minimum absolute atomic E-state index is 0.117. The Balaban J connectivity index is 2.64. The molecule has 3 nitrogen and oxygen atoms in total. The molecule has 0 radical (unpaired) electrons. The Bertz CT molecular complexity index is 137. The molecule has 1 saturated heterocycles. The molecule has 0 saturated carbocycles. The van der Waals surface area contributed by atoms with Gasteiger partial charge in [0.25, 0.3) is 0 Å². The summed E-state index contributed by atoms with van der Waals surface area (Å²) in [6.45, 7) is 4.44. The highest BCUT2D eigenvalue weighted by molar-refractivity contribution is 4.90. The fourth-order valence-corrected chi connectivity index (χ4v) is 1.41. The minimum Gasteiger partial charge on any atom is -0.387 e. The molecule has 66 valence electrons. The van der Waals surface area contributed by atoms with Crippen molar-refractivity contribution in [3.8, 4) is 0 Å². The predicted molar refractivity (Wildman–Crippen MR) is 41.5 cm³/mol. The van der Waals surface area contributed by atoms with E-state index in [0.717, 1.165) is 6.42 Å². The molecule has 0 spiro atoms. The zero-order chi connectivity index (χ0) is 8.48. The minimum atomic E-state index is -0.513. The molecule has 11 heavy (non-hydrogen) atoms. The molecule has 0 amide bonds. The maximum atomic E-state index is 9.65. The molecule has 3 atom stereocenters. The highest BCUT2D eigenvalue weighted by Gasteiger charge is 2.40. The van der Waals surface area contributed by atoms with Gasteiger partial charge in [-0.2, -0.15) is 0 Å². The second-order valence-electron chi connectivity index (χ2n) is 3.29. The van der Waals surface area contributed by atoms with E-state index in [1.165, 1.54) is 0 Å². The Kier molecular flexibility index (Phi) is 2.52. The van der Waals surface area contributed by atoms with Crippen molar-refractivity contribution in [1.29, 1.82) is 0 Å². The van der Waals surface area contributed by atoms with Crippen molar-refractivity contribution >= 4 is 0 Å². The number of ether oxygens (including phenoxy) is 2. The van der Waals surface area contributed by atoms with Gasteiger partial charge in [0.1, 0.15) is 6.10 Å². The van der Waals surface area contributed by atoms with E-state index in [2.05, 4.69) is 0 Å². The maximum absolute atomic E-state index is 9.65. The third-order valence-electron chi connectivity index (χ3n) is 2.52. The fourth-order valence-electron chi connectivity index (χ4n) is 1.41. The summed E-state index contributed by atoms with van der Waals surface area (Å²) >= 11 is 0. The SMILES string of the molecule is CO[C@]1(C)CCO[C@@H](C)[C@@H]1O.